The fraction of sp³-hybridized carbons (Fsp3) is 0.600. The number of halogens is 1. The van der Waals surface area contributed by atoms with E-state index in [1.807, 2.05) is 6.07 Å². The van der Waals surface area contributed by atoms with Crippen molar-refractivity contribution in [3.05, 3.63) is 29.6 Å². The summed E-state index contributed by atoms with van der Waals surface area (Å²) in [6.07, 6.45) is 4.86. The molecule has 100 valence electrons. The molecule has 0 spiro atoms. The molecule has 1 atom stereocenters. The molecule has 0 radical (unpaired) electrons. The molecule has 0 aromatic heterocycles. The number of methoxy groups -OCH3 is 1. The Labute approximate surface area is 109 Å². The van der Waals surface area contributed by atoms with Crippen LogP contribution < -0.4 is 10.1 Å². The quantitative estimate of drug-likeness (QED) is 0.862. The minimum Gasteiger partial charge on any atom is -0.496 e. The summed E-state index contributed by atoms with van der Waals surface area (Å²) in [6.45, 7) is 2.91. The third kappa shape index (κ3) is 2.66. The number of rotatable bonds is 5. The summed E-state index contributed by atoms with van der Waals surface area (Å²) in [5.74, 6) is 1.02. The van der Waals surface area contributed by atoms with Gasteiger partial charge in [0, 0.05) is 11.6 Å². The van der Waals surface area contributed by atoms with Gasteiger partial charge in [0.2, 0.25) is 0 Å². The van der Waals surface area contributed by atoms with Crippen molar-refractivity contribution in [3.63, 3.8) is 0 Å². The van der Waals surface area contributed by atoms with E-state index in [1.54, 1.807) is 13.2 Å². The van der Waals surface area contributed by atoms with Crippen LogP contribution in [0.4, 0.5) is 4.39 Å². The topological polar surface area (TPSA) is 21.3 Å². The van der Waals surface area contributed by atoms with Gasteiger partial charge >= 0.3 is 0 Å². The van der Waals surface area contributed by atoms with Gasteiger partial charge in [-0.1, -0.05) is 25.8 Å². The first-order valence-electron chi connectivity index (χ1n) is 6.83. The van der Waals surface area contributed by atoms with Crippen LogP contribution in [0.25, 0.3) is 0 Å². The van der Waals surface area contributed by atoms with E-state index >= 15 is 0 Å². The molecule has 2 rings (SSSR count). The highest BCUT2D eigenvalue weighted by molar-refractivity contribution is 5.37. The van der Waals surface area contributed by atoms with Gasteiger partial charge in [0.25, 0.3) is 0 Å². The summed E-state index contributed by atoms with van der Waals surface area (Å²) < 4.78 is 19.5. The van der Waals surface area contributed by atoms with E-state index in [9.17, 15) is 4.39 Å². The van der Waals surface area contributed by atoms with Crippen molar-refractivity contribution in [1.82, 2.24) is 5.32 Å². The van der Waals surface area contributed by atoms with Crippen molar-refractivity contribution in [1.29, 1.82) is 0 Å². The Morgan fingerprint density at radius 2 is 2.11 bits per heavy atom. The molecule has 1 saturated carbocycles. The third-order valence-corrected chi connectivity index (χ3v) is 3.84. The molecule has 2 nitrogen and oxygen atoms in total. The van der Waals surface area contributed by atoms with Gasteiger partial charge in [-0.3, -0.25) is 0 Å². The molecular formula is C15H22FNO. The molecule has 18 heavy (non-hydrogen) atoms. The van der Waals surface area contributed by atoms with Gasteiger partial charge in [-0.15, -0.1) is 0 Å². The molecule has 1 N–H and O–H groups in total. The van der Waals surface area contributed by atoms with Gasteiger partial charge in [-0.05, 0) is 37.4 Å². The summed E-state index contributed by atoms with van der Waals surface area (Å²) in [5, 5.41) is 3.44. The Balaban J connectivity index is 2.34. The zero-order chi connectivity index (χ0) is 13.0. The number of hydrogen-bond donors (Lipinski definition) is 1. The molecule has 1 aliphatic carbocycles. The van der Waals surface area contributed by atoms with Gasteiger partial charge in [-0.2, -0.15) is 0 Å². The van der Waals surface area contributed by atoms with E-state index in [0.717, 1.165) is 6.54 Å². The number of benzene rings is 1. The lowest BCUT2D eigenvalue weighted by atomic mass is 9.90. The Kier molecular flexibility index (Phi) is 4.59. The molecule has 0 bridgehead atoms. The van der Waals surface area contributed by atoms with E-state index < -0.39 is 0 Å². The van der Waals surface area contributed by atoms with Crippen LogP contribution in [0.1, 0.15) is 44.2 Å². The second-order valence-electron chi connectivity index (χ2n) is 4.94. The molecule has 1 fully saturated rings. The van der Waals surface area contributed by atoms with Gasteiger partial charge in [-0.25, -0.2) is 4.39 Å². The maximum Gasteiger partial charge on any atom is 0.131 e. The number of hydrogen-bond acceptors (Lipinski definition) is 2. The lowest BCUT2D eigenvalue weighted by molar-refractivity contribution is 0.338. The first kappa shape index (κ1) is 13.3. The number of ether oxygens (including phenoxy) is 1. The van der Waals surface area contributed by atoms with Crippen LogP contribution in [-0.4, -0.2) is 13.7 Å². The van der Waals surface area contributed by atoms with Crippen molar-refractivity contribution < 1.29 is 9.13 Å². The Morgan fingerprint density at radius 3 is 2.72 bits per heavy atom. The third-order valence-electron chi connectivity index (χ3n) is 3.84. The monoisotopic (exact) mass is 251 g/mol. The molecule has 1 unspecified atom stereocenters. The summed E-state index contributed by atoms with van der Waals surface area (Å²) >= 11 is 0. The maximum atomic E-state index is 14.1. The smallest absolute Gasteiger partial charge is 0.131 e. The molecule has 0 saturated heterocycles. The zero-order valence-electron chi connectivity index (χ0n) is 11.2. The molecule has 1 aliphatic rings. The van der Waals surface area contributed by atoms with E-state index in [4.69, 9.17) is 4.74 Å². The van der Waals surface area contributed by atoms with Crippen molar-refractivity contribution in [3.8, 4) is 5.75 Å². The molecule has 3 heteroatoms. The number of nitrogens with one attached hydrogen (secondary N) is 1. The molecule has 1 aromatic carbocycles. The van der Waals surface area contributed by atoms with Crippen LogP contribution >= 0.6 is 0 Å². The van der Waals surface area contributed by atoms with Crippen molar-refractivity contribution in [2.24, 2.45) is 5.92 Å². The lowest BCUT2D eigenvalue weighted by Gasteiger charge is -2.26. The Bertz CT molecular complexity index is 388. The van der Waals surface area contributed by atoms with Crippen molar-refractivity contribution in [2.75, 3.05) is 13.7 Å². The molecular weight excluding hydrogens is 229 g/mol. The molecule has 0 aliphatic heterocycles. The Morgan fingerprint density at radius 1 is 1.39 bits per heavy atom. The second-order valence-corrected chi connectivity index (χ2v) is 4.94. The standard InChI is InChI=1S/C15H22FNO/c1-3-17-15(11-7-4-5-8-11)14-12(16)9-6-10-13(14)18-2/h6,9-11,15,17H,3-5,7-8H2,1-2H3. The second kappa shape index (κ2) is 6.19. The molecule has 0 heterocycles. The van der Waals surface area contributed by atoms with E-state index in [0.29, 0.717) is 17.2 Å². The lowest BCUT2D eigenvalue weighted by Crippen LogP contribution is -2.28. The minimum absolute atomic E-state index is 0.0775. The highest BCUT2D eigenvalue weighted by Gasteiger charge is 2.29. The summed E-state index contributed by atoms with van der Waals surface area (Å²) in [4.78, 5) is 0. The first-order chi connectivity index (χ1) is 8.77. The largest absolute Gasteiger partial charge is 0.496 e. The van der Waals surface area contributed by atoms with E-state index in [-0.39, 0.29) is 11.9 Å². The normalized spacial score (nSPS) is 17.9. The average molecular weight is 251 g/mol. The average Bonchev–Trinajstić information content (AvgIpc) is 2.90. The zero-order valence-corrected chi connectivity index (χ0v) is 11.2. The van der Waals surface area contributed by atoms with Crippen LogP contribution in [0.5, 0.6) is 5.75 Å². The predicted octanol–water partition coefficient (Wildman–Crippen LogP) is 3.68. The Hall–Kier alpha value is -1.09. The molecule has 0 amide bonds. The van der Waals surface area contributed by atoms with E-state index in [1.165, 1.54) is 31.7 Å². The highest BCUT2D eigenvalue weighted by Crippen LogP contribution is 2.39. The highest BCUT2D eigenvalue weighted by atomic mass is 19.1. The summed E-state index contributed by atoms with van der Waals surface area (Å²) in [6, 6.07) is 5.15. The van der Waals surface area contributed by atoms with Crippen LogP contribution in [0, 0.1) is 11.7 Å². The summed E-state index contributed by atoms with van der Waals surface area (Å²) in [7, 11) is 1.61. The SMILES string of the molecule is CCNC(c1c(F)cccc1OC)C1CCCC1. The van der Waals surface area contributed by atoms with Gasteiger partial charge in [0.05, 0.1) is 7.11 Å². The van der Waals surface area contributed by atoms with Gasteiger partial charge in [0.15, 0.2) is 0 Å². The fourth-order valence-electron chi connectivity index (χ4n) is 3.01. The van der Waals surface area contributed by atoms with Crippen LogP contribution in [0.3, 0.4) is 0 Å². The van der Waals surface area contributed by atoms with Crippen molar-refractivity contribution in [2.45, 2.75) is 38.6 Å². The summed E-state index contributed by atoms with van der Waals surface area (Å²) in [5.41, 5.74) is 0.703. The fourth-order valence-corrected chi connectivity index (χ4v) is 3.01. The predicted molar refractivity (Wildman–Crippen MR) is 71.3 cm³/mol. The van der Waals surface area contributed by atoms with Crippen molar-refractivity contribution >= 4 is 0 Å². The van der Waals surface area contributed by atoms with Crippen LogP contribution in [0.15, 0.2) is 18.2 Å². The van der Waals surface area contributed by atoms with Gasteiger partial charge in [0.1, 0.15) is 11.6 Å². The van der Waals surface area contributed by atoms with Crippen LogP contribution in [-0.2, 0) is 0 Å². The van der Waals surface area contributed by atoms with E-state index in [2.05, 4.69) is 12.2 Å². The van der Waals surface area contributed by atoms with Crippen LogP contribution in [0.2, 0.25) is 0 Å². The minimum atomic E-state index is -0.160. The molecule has 1 aromatic rings. The first-order valence-corrected chi connectivity index (χ1v) is 6.83. The van der Waals surface area contributed by atoms with Gasteiger partial charge < -0.3 is 10.1 Å². The maximum absolute atomic E-state index is 14.1.